The molecule has 5 aliphatic rings. The number of sulfonamides is 1. The average molecular weight is 555 g/mol. The Balaban J connectivity index is 1.19. The number of hydrogen-bond acceptors (Lipinski definition) is 9. The summed E-state index contributed by atoms with van der Waals surface area (Å²) in [5.41, 5.74) is -0.222. The predicted octanol–water partition coefficient (Wildman–Crippen LogP) is 0.426. The van der Waals surface area contributed by atoms with Crippen LogP contribution >= 0.6 is 11.8 Å². The van der Waals surface area contributed by atoms with E-state index in [0.29, 0.717) is 32.2 Å². The van der Waals surface area contributed by atoms with Crippen molar-refractivity contribution in [3.63, 3.8) is 0 Å². The summed E-state index contributed by atoms with van der Waals surface area (Å²) in [7, 11) is -1.57. The molecule has 1 aliphatic carbocycles. The van der Waals surface area contributed by atoms with E-state index in [2.05, 4.69) is 34.3 Å². The second kappa shape index (κ2) is 11.7. The van der Waals surface area contributed by atoms with Crippen molar-refractivity contribution in [2.45, 2.75) is 79.6 Å². The van der Waals surface area contributed by atoms with Crippen LogP contribution in [0.2, 0.25) is 0 Å². The first-order valence-electron chi connectivity index (χ1n) is 13.9. The molecule has 4 aliphatic heterocycles. The van der Waals surface area contributed by atoms with Gasteiger partial charge in [-0.05, 0) is 63.8 Å². The lowest BCUT2D eigenvalue weighted by atomic mass is 9.66. The third kappa shape index (κ3) is 5.83. The lowest BCUT2D eigenvalue weighted by Gasteiger charge is -2.44. The average Bonchev–Trinajstić information content (AvgIpc) is 3.48. The number of thioether (sulfide) groups is 1. The van der Waals surface area contributed by atoms with Gasteiger partial charge in [-0.15, -0.1) is 11.8 Å². The van der Waals surface area contributed by atoms with Crippen LogP contribution in [0, 0.1) is 35.0 Å². The van der Waals surface area contributed by atoms with Crippen LogP contribution in [0.15, 0.2) is 0 Å². The van der Waals surface area contributed by atoms with Gasteiger partial charge in [0.1, 0.15) is 5.50 Å². The summed E-state index contributed by atoms with van der Waals surface area (Å²) >= 11 is 1.63. The van der Waals surface area contributed by atoms with E-state index in [0.717, 1.165) is 45.1 Å². The smallest absolute Gasteiger partial charge is 0.226 e. The lowest BCUT2D eigenvalue weighted by Crippen LogP contribution is -2.55. The van der Waals surface area contributed by atoms with E-state index in [1.165, 1.54) is 0 Å². The predicted molar refractivity (Wildman–Crippen MR) is 143 cm³/mol. The van der Waals surface area contributed by atoms with Crippen molar-refractivity contribution in [3.05, 3.63) is 0 Å². The highest BCUT2D eigenvalue weighted by Gasteiger charge is 2.49. The van der Waals surface area contributed by atoms with Gasteiger partial charge in [0.05, 0.1) is 23.3 Å². The number of carbonyl (C=O) groups is 1. The van der Waals surface area contributed by atoms with Crippen LogP contribution in [0.1, 0.15) is 45.4 Å². The van der Waals surface area contributed by atoms with E-state index in [-0.39, 0.29) is 57.7 Å². The molecule has 0 radical (unpaired) electrons. The van der Waals surface area contributed by atoms with Crippen LogP contribution in [-0.4, -0.2) is 92.6 Å². The summed E-state index contributed by atoms with van der Waals surface area (Å²) in [6.45, 7) is 5.15. The highest BCUT2D eigenvalue weighted by molar-refractivity contribution is 8.00. The summed E-state index contributed by atoms with van der Waals surface area (Å²) in [6.07, 6.45) is 5.10. The standard InChI is InChI=1S/C25H42N6O4S2/c1-15-8-18(19-9-16(10-26)5-6-22(19)35-2)20(12-28-15)24(32)30-25-29-21-13-31(14-23(21)36-25)37(33,34)17-4-3-7-27-11-17/h15-23,25,27-29H,3-9,11-14H2,1-2H3,(H,30,32). The molecule has 10 unspecified atom stereocenters. The van der Waals surface area contributed by atoms with Gasteiger partial charge >= 0.3 is 0 Å². The monoisotopic (exact) mass is 554 g/mol. The second-order valence-electron chi connectivity index (χ2n) is 11.6. The molecule has 4 saturated heterocycles. The first-order chi connectivity index (χ1) is 17.8. The Hall–Kier alpha value is -0.940. The highest BCUT2D eigenvalue weighted by atomic mass is 32.2. The largest absolute Gasteiger partial charge is 0.381 e. The van der Waals surface area contributed by atoms with E-state index in [1.54, 1.807) is 23.2 Å². The van der Waals surface area contributed by atoms with Crippen molar-refractivity contribution in [2.24, 2.45) is 23.7 Å². The molecule has 1 saturated carbocycles. The lowest BCUT2D eigenvalue weighted by molar-refractivity contribution is -0.131. The van der Waals surface area contributed by atoms with E-state index < -0.39 is 10.0 Å². The summed E-state index contributed by atoms with van der Waals surface area (Å²) < 4.78 is 33.8. The Kier molecular flexibility index (Phi) is 8.70. The zero-order chi connectivity index (χ0) is 26.2. The fourth-order valence-electron chi connectivity index (χ4n) is 7.18. The molecule has 10 nitrogen and oxygen atoms in total. The quantitative estimate of drug-likeness (QED) is 0.368. The van der Waals surface area contributed by atoms with Crippen molar-refractivity contribution < 1.29 is 17.9 Å². The number of piperidine rings is 2. The van der Waals surface area contributed by atoms with Crippen LogP contribution in [-0.2, 0) is 19.6 Å². The number of carbonyl (C=O) groups excluding carboxylic acids is 1. The molecule has 4 N–H and O–H groups in total. The molecular formula is C25H42N6O4S2. The van der Waals surface area contributed by atoms with Crippen LogP contribution < -0.4 is 21.3 Å². The molecule has 10 atom stereocenters. The Bertz CT molecular complexity index is 957. The summed E-state index contributed by atoms with van der Waals surface area (Å²) in [5.74, 6) is 0.226. The fraction of sp³-hybridized carbons (Fsp3) is 0.920. The minimum Gasteiger partial charge on any atom is -0.381 e. The van der Waals surface area contributed by atoms with Crippen molar-refractivity contribution in [3.8, 4) is 6.07 Å². The molecule has 0 aromatic carbocycles. The van der Waals surface area contributed by atoms with Crippen LogP contribution in [0.5, 0.6) is 0 Å². The molecule has 5 rings (SSSR count). The first-order valence-corrected chi connectivity index (χ1v) is 16.3. The van der Waals surface area contributed by atoms with E-state index in [9.17, 15) is 18.5 Å². The topological polar surface area (TPSA) is 136 Å². The molecule has 0 aromatic heterocycles. The SMILES string of the molecule is COC1CCC(C#N)CC1C1CC(C)NCC1C(=O)NC1NC2CN(S(=O)(=O)C3CCCNC3)CC2S1. The van der Waals surface area contributed by atoms with E-state index in [4.69, 9.17) is 4.74 Å². The minimum absolute atomic E-state index is 0.0281. The highest BCUT2D eigenvalue weighted by Crippen LogP contribution is 2.42. The maximum absolute atomic E-state index is 13.6. The summed E-state index contributed by atoms with van der Waals surface area (Å²) in [6, 6.07) is 2.81. The summed E-state index contributed by atoms with van der Waals surface area (Å²) in [5, 5.41) is 22.8. The van der Waals surface area contributed by atoms with Crippen molar-refractivity contribution in [1.82, 2.24) is 25.6 Å². The van der Waals surface area contributed by atoms with Gasteiger partial charge in [-0.2, -0.15) is 9.57 Å². The van der Waals surface area contributed by atoms with Gasteiger partial charge in [0, 0.05) is 56.5 Å². The first kappa shape index (κ1) is 27.6. The molecule has 5 fully saturated rings. The second-order valence-corrected chi connectivity index (χ2v) is 15.1. The minimum atomic E-state index is -3.31. The number of hydrogen-bond donors (Lipinski definition) is 4. The molecule has 12 heteroatoms. The van der Waals surface area contributed by atoms with Gasteiger partial charge in [0.25, 0.3) is 0 Å². The summed E-state index contributed by atoms with van der Waals surface area (Å²) in [4.78, 5) is 13.6. The van der Waals surface area contributed by atoms with Gasteiger partial charge in [0.2, 0.25) is 15.9 Å². The molecule has 0 bridgehead atoms. The molecule has 0 spiro atoms. The number of nitrogens with zero attached hydrogens (tertiary/aromatic N) is 2. The van der Waals surface area contributed by atoms with Gasteiger partial charge < -0.3 is 20.7 Å². The van der Waals surface area contributed by atoms with Crippen molar-refractivity contribution in [1.29, 1.82) is 5.26 Å². The molecule has 4 heterocycles. The van der Waals surface area contributed by atoms with E-state index in [1.807, 2.05) is 0 Å². The van der Waals surface area contributed by atoms with Crippen molar-refractivity contribution >= 4 is 27.7 Å². The van der Waals surface area contributed by atoms with Gasteiger partial charge in [0.15, 0.2) is 0 Å². The number of fused-ring (bicyclic) bond motifs is 1. The van der Waals surface area contributed by atoms with Gasteiger partial charge in [-0.3, -0.25) is 10.1 Å². The zero-order valence-electron chi connectivity index (χ0n) is 21.9. The normalized spacial score (nSPS) is 43.2. The Morgan fingerprint density at radius 2 is 2.00 bits per heavy atom. The third-order valence-electron chi connectivity index (χ3n) is 9.25. The van der Waals surface area contributed by atoms with Crippen molar-refractivity contribution in [2.75, 3.05) is 39.8 Å². The zero-order valence-corrected chi connectivity index (χ0v) is 23.5. The number of nitrogens with one attached hydrogen (secondary N) is 4. The third-order valence-corrected chi connectivity index (χ3v) is 12.9. The number of nitriles is 1. The molecule has 0 aromatic rings. The number of ether oxygens (including phenoxy) is 1. The number of amides is 1. The Labute approximate surface area is 225 Å². The van der Waals surface area contributed by atoms with Crippen LogP contribution in [0.4, 0.5) is 0 Å². The Morgan fingerprint density at radius 3 is 2.70 bits per heavy atom. The van der Waals surface area contributed by atoms with Gasteiger partial charge in [-0.25, -0.2) is 8.42 Å². The number of rotatable bonds is 6. The maximum Gasteiger partial charge on any atom is 0.226 e. The number of methoxy groups -OCH3 is 1. The molecular weight excluding hydrogens is 512 g/mol. The van der Waals surface area contributed by atoms with Crippen LogP contribution in [0.25, 0.3) is 0 Å². The molecule has 37 heavy (non-hydrogen) atoms. The van der Waals surface area contributed by atoms with Gasteiger partial charge in [-0.1, -0.05) is 0 Å². The maximum atomic E-state index is 13.6. The molecule has 208 valence electrons. The molecule has 1 amide bonds. The Morgan fingerprint density at radius 1 is 1.16 bits per heavy atom. The van der Waals surface area contributed by atoms with Crippen LogP contribution in [0.3, 0.4) is 0 Å². The van der Waals surface area contributed by atoms with E-state index >= 15 is 0 Å². The fourth-order valence-corrected chi connectivity index (χ4v) is 10.6.